The molecule has 1 unspecified atom stereocenters. The fraction of sp³-hybridized carbons (Fsp3) is 0.0833. The molecule has 0 aromatic heterocycles. The third-order valence-electron chi connectivity index (χ3n) is 5.13. The third-order valence-corrected chi connectivity index (χ3v) is 5.13. The van der Waals surface area contributed by atoms with Gasteiger partial charge >= 0.3 is 5.97 Å². The Hall–Kier alpha value is -4.06. The predicted molar refractivity (Wildman–Crippen MR) is 109 cm³/mol. The van der Waals surface area contributed by atoms with Gasteiger partial charge in [-0.05, 0) is 23.8 Å². The molecule has 148 valence electrons. The first-order valence-electron chi connectivity index (χ1n) is 9.36. The number of amides is 2. The number of ketones is 1. The highest BCUT2D eigenvalue weighted by Crippen LogP contribution is 2.28. The van der Waals surface area contributed by atoms with Crippen LogP contribution < -0.4 is 0 Å². The Morgan fingerprint density at radius 2 is 1.23 bits per heavy atom. The number of rotatable bonds is 6. The monoisotopic (exact) mass is 399 g/mol. The van der Waals surface area contributed by atoms with E-state index in [1.807, 2.05) is 6.07 Å². The van der Waals surface area contributed by atoms with Crippen molar-refractivity contribution in [3.05, 3.63) is 107 Å². The lowest BCUT2D eigenvalue weighted by atomic mass is 9.93. The first-order valence-corrected chi connectivity index (χ1v) is 9.36. The number of benzene rings is 3. The maximum Gasteiger partial charge on any atom is 0.336 e. The zero-order chi connectivity index (χ0) is 21.3. The molecule has 6 nitrogen and oxygen atoms in total. The van der Waals surface area contributed by atoms with Gasteiger partial charge in [0.1, 0.15) is 6.04 Å². The van der Waals surface area contributed by atoms with E-state index < -0.39 is 29.6 Å². The van der Waals surface area contributed by atoms with E-state index in [2.05, 4.69) is 0 Å². The van der Waals surface area contributed by atoms with Gasteiger partial charge in [-0.3, -0.25) is 19.3 Å². The Morgan fingerprint density at radius 1 is 0.733 bits per heavy atom. The summed E-state index contributed by atoms with van der Waals surface area (Å²) >= 11 is 0. The lowest BCUT2D eigenvalue weighted by Gasteiger charge is -2.26. The fourth-order valence-electron chi connectivity index (χ4n) is 3.69. The first-order chi connectivity index (χ1) is 14.5. The van der Waals surface area contributed by atoms with Crippen molar-refractivity contribution in [2.24, 2.45) is 0 Å². The van der Waals surface area contributed by atoms with E-state index in [9.17, 15) is 24.3 Å². The van der Waals surface area contributed by atoms with Crippen molar-refractivity contribution in [3.8, 4) is 0 Å². The molecule has 0 spiro atoms. The van der Waals surface area contributed by atoms with E-state index in [1.54, 1.807) is 54.6 Å². The summed E-state index contributed by atoms with van der Waals surface area (Å²) in [6.07, 6.45) is 0.0824. The van der Waals surface area contributed by atoms with Gasteiger partial charge in [-0.1, -0.05) is 60.7 Å². The molecule has 0 saturated carbocycles. The van der Waals surface area contributed by atoms with Crippen molar-refractivity contribution in [3.63, 3.8) is 0 Å². The average Bonchev–Trinajstić information content (AvgIpc) is 3.03. The predicted octanol–water partition coefficient (Wildman–Crippen LogP) is 3.48. The number of carbonyl (C=O) groups is 4. The molecule has 0 saturated heterocycles. The van der Waals surface area contributed by atoms with Crippen molar-refractivity contribution in [1.29, 1.82) is 0 Å². The van der Waals surface area contributed by atoms with Crippen LogP contribution in [-0.4, -0.2) is 39.6 Å². The second-order valence-electron chi connectivity index (χ2n) is 6.95. The van der Waals surface area contributed by atoms with Gasteiger partial charge in [0.05, 0.1) is 16.7 Å². The average molecular weight is 399 g/mol. The van der Waals surface area contributed by atoms with E-state index in [0.29, 0.717) is 0 Å². The van der Waals surface area contributed by atoms with Crippen LogP contribution in [0.2, 0.25) is 0 Å². The molecule has 30 heavy (non-hydrogen) atoms. The molecular formula is C24H17NO5. The van der Waals surface area contributed by atoms with Crippen LogP contribution in [0.15, 0.2) is 78.9 Å². The highest BCUT2D eigenvalue weighted by atomic mass is 16.4. The van der Waals surface area contributed by atoms with Crippen LogP contribution in [0.5, 0.6) is 0 Å². The van der Waals surface area contributed by atoms with Gasteiger partial charge in [0.2, 0.25) is 0 Å². The van der Waals surface area contributed by atoms with Gasteiger partial charge in [-0.25, -0.2) is 4.79 Å². The SMILES string of the molecule is O=C(O)c1ccccc1C(=O)C(Cc1ccccc1)N1C(=O)c2ccccc2C1=O. The Kier molecular flexibility index (Phi) is 4.98. The molecule has 0 radical (unpaired) electrons. The third kappa shape index (κ3) is 3.28. The van der Waals surface area contributed by atoms with Crippen molar-refractivity contribution in [2.75, 3.05) is 0 Å². The van der Waals surface area contributed by atoms with Gasteiger partial charge in [0, 0.05) is 12.0 Å². The summed E-state index contributed by atoms with van der Waals surface area (Å²) in [6, 6.07) is 20.0. The summed E-state index contributed by atoms with van der Waals surface area (Å²) in [5.74, 6) is -2.96. The molecule has 1 N–H and O–H groups in total. The summed E-state index contributed by atoms with van der Waals surface area (Å²) in [7, 11) is 0. The van der Waals surface area contributed by atoms with Crippen LogP contribution in [0.1, 0.15) is 47.0 Å². The number of aromatic carboxylic acids is 1. The maximum absolute atomic E-state index is 13.5. The summed E-state index contributed by atoms with van der Waals surface area (Å²) in [5, 5.41) is 9.50. The van der Waals surface area contributed by atoms with Crippen LogP contribution in [0, 0.1) is 0 Å². The van der Waals surface area contributed by atoms with Gasteiger partial charge in [0.15, 0.2) is 5.78 Å². The van der Waals surface area contributed by atoms with Gasteiger partial charge < -0.3 is 5.11 Å². The highest BCUT2D eigenvalue weighted by molar-refractivity contribution is 6.24. The van der Waals surface area contributed by atoms with Crippen molar-refractivity contribution < 1.29 is 24.3 Å². The zero-order valence-corrected chi connectivity index (χ0v) is 15.8. The van der Waals surface area contributed by atoms with Crippen molar-refractivity contribution in [2.45, 2.75) is 12.5 Å². The molecule has 2 amide bonds. The molecule has 1 atom stereocenters. The lowest BCUT2D eigenvalue weighted by molar-refractivity contribution is 0.0539. The standard InChI is InChI=1S/C24H17NO5/c26-21(16-10-4-7-13-19(16)24(29)30)20(14-15-8-2-1-3-9-15)25-22(27)17-11-5-6-12-18(17)23(25)28/h1-13,20H,14H2,(H,29,30). The topological polar surface area (TPSA) is 91.8 Å². The molecule has 3 aromatic rings. The minimum absolute atomic E-state index is 0.0394. The molecule has 0 bridgehead atoms. The van der Waals surface area contributed by atoms with E-state index >= 15 is 0 Å². The largest absolute Gasteiger partial charge is 0.478 e. The van der Waals surface area contributed by atoms with Gasteiger partial charge in [-0.2, -0.15) is 0 Å². The zero-order valence-electron chi connectivity index (χ0n) is 15.8. The Morgan fingerprint density at radius 3 is 1.80 bits per heavy atom. The number of Topliss-reactive ketones (excluding diaryl/α,β-unsaturated/α-hetero) is 1. The number of carbonyl (C=O) groups excluding carboxylic acids is 3. The van der Waals surface area contributed by atoms with Crippen LogP contribution >= 0.6 is 0 Å². The smallest absolute Gasteiger partial charge is 0.336 e. The number of imide groups is 1. The number of carboxylic acid groups (broad SMARTS) is 1. The summed E-state index contributed by atoms with van der Waals surface area (Å²) in [6.45, 7) is 0. The fourth-order valence-corrected chi connectivity index (χ4v) is 3.69. The molecule has 0 fully saturated rings. The van der Waals surface area contributed by atoms with Gasteiger partial charge in [-0.15, -0.1) is 0 Å². The molecule has 4 rings (SSSR count). The quantitative estimate of drug-likeness (QED) is 0.506. The van der Waals surface area contributed by atoms with E-state index in [-0.39, 0.29) is 28.7 Å². The second-order valence-corrected chi connectivity index (χ2v) is 6.95. The van der Waals surface area contributed by atoms with Crippen molar-refractivity contribution in [1.82, 2.24) is 4.90 Å². The van der Waals surface area contributed by atoms with Crippen LogP contribution in [-0.2, 0) is 6.42 Å². The summed E-state index contributed by atoms with van der Waals surface area (Å²) in [5.41, 5.74) is 1.01. The molecule has 6 heteroatoms. The molecule has 3 aromatic carbocycles. The van der Waals surface area contributed by atoms with E-state index in [0.717, 1.165) is 10.5 Å². The first kappa shape index (κ1) is 19.3. The lowest BCUT2D eigenvalue weighted by Crippen LogP contribution is -2.46. The molecule has 1 aliphatic heterocycles. The number of hydrogen-bond acceptors (Lipinski definition) is 4. The van der Waals surface area contributed by atoms with Crippen LogP contribution in [0.3, 0.4) is 0 Å². The molecule has 1 aliphatic rings. The highest BCUT2D eigenvalue weighted by Gasteiger charge is 2.43. The van der Waals surface area contributed by atoms with Crippen LogP contribution in [0.4, 0.5) is 0 Å². The molecular weight excluding hydrogens is 382 g/mol. The minimum Gasteiger partial charge on any atom is -0.478 e. The number of carboxylic acids is 1. The van der Waals surface area contributed by atoms with E-state index in [4.69, 9.17) is 0 Å². The Bertz CT molecular complexity index is 1130. The van der Waals surface area contributed by atoms with Crippen LogP contribution in [0.25, 0.3) is 0 Å². The summed E-state index contributed by atoms with van der Waals surface area (Å²) < 4.78 is 0. The molecule has 1 heterocycles. The van der Waals surface area contributed by atoms with Crippen molar-refractivity contribution >= 4 is 23.6 Å². The minimum atomic E-state index is -1.25. The normalized spacial score (nSPS) is 13.8. The summed E-state index contributed by atoms with van der Waals surface area (Å²) in [4.78, 5) is 52.1. The Balaban J connectivity index is 1.80. The Labute approximate surface area is 172 Å². The van der Waals surface area contributed by atoms with Gasteiger partial charge in [0.25, 0.3) is 11.8 Å². The number of hydrogen-bond donors (Lipinski definition) is 1. The molecule has 0 aliphatic carbocycles. The van der Waals surface area contributed by atoms with E-state index in [1.165, 1.54) is 18.2 Å². The number of nitrogens with zero attached hydrogens (tertiary/aromatic N) is 1. The second kappa shape index (κ2) is 7.75. The maximum atomic E-state index is 13.5. The number of fused-ring (bicyclic) bond motifs is 1.